The van der Waals surface area contributed by atoms with Gasteiger partial charge in [-0.3, -0.25) is 4.79 Å². The molecule has 6 nitrogen and oxygen atoms in total. The Labute approximate surface area is 153 Å². The van der Waals surface area contributed by atoms with Gasteiger partial charge in [0.25, 0.3) is 0 Å². The molecule has 1 N–H and O–H groups in total. The van der Waals surface area contributed by atoms with Gasteiger partial charge in [0.05, 0.1) is 18.3 Å². The molecule has 1 amide bonds. The molecule has 25 heavy (non-hydrogen) atoms. The van der Waals surface area contributed by atoms with Crippen LogP contribution in [0, 0.1) is 5.92 Å². The molecule has 0 spiro atoms. The Morgan fingerprint density at radius 2 is 2.04 bits per heavy atom. The molecule has 0 aliphatic heterocycles. The summed E-state index contributed by atoms with van der Waals surface area (Å²) in [7, 11) is 0. The van der Waals surface area contributed by atoms with Crippen molar-refractivity contribution in [1.29, 1.82) is 0 Å². The molecular weight excluding hydrogens is 334 g/mol. The van der Waals surface area contributed by atoms with Gasteiger partial charge in [0.15, 0.2) is 0 Å². The fourth-order valence-corrected chi connectivity index (χ4v) is 3.14. The minimum absolute atomic E-state index is 0.0367. The van der Waals surface area contributed by atoms with Gasteiger partial charge in [0.2, 0.25) is 11.1 Å². The third-order valence-electron chi connectivity index (χ3n) is 3.63. The number of allylic oxidation sites excluding steroid dienone is 1. The first kappa shape index (κ1) is 19.2. The van der Waals surface area contributed by atoms with Crippen molar-refractivity contribution in [2.45, 2.75) is 44.9 Å². The van der Waals surface area contributed by atoms with Crippen molar-refractivity contribution in [3.05, 3.63) is 48.0 Å². The molecular formula is C18H25N5OS. The Hall–Kier alpha value is -2.15. The summed E-state index contributed by atoms with van der Waals surface area (Å²) in [5.41, 5.74) is 2.42. The van der Waals surface area contributed by atoms with Crippen LogP contribution in [0.5, 0.6) is 0 Å². The number of nitrogens with zero attached hydrogens (tertiary/aromatic N) is 4. The highest BCUT2D eigenvalue weighted by molar-refractivity contribution is 7.99. The average molecular weight is 359 g/mol. The third-order valence-corrected chi connectivity index (χ3v) is 4.59. The lowest BCUT2D eigenvalue weighted by Crippen LogP contribution is -2.28. The van der Waals surface area contributed by atoms with Crippen LogP contribution >= 0.6 is 11.8 Å². The molecule has 2 rings (SSSR count). The highest BCUT2D eigenvalue weighted by atomic mass is 32.2. The normalized spacial score (nSPS) is 12.2. The van der Waals surface area contributed by atoms with E-state index in [1.807, 2.05) is 6.92 Å². The van der Waals surface area contributed by atoms with E-state index in [-0.39, 0.29) is 17.7 Å². The molecule has 0 saturated carbocycles. The van der Waals surface area contributed by atoms with E-state index in [2.05, 4.69) is 65.5 Å². The van der Waals surface area contributed by atoms with Crippen LogP contribution < -0.4 is 5.32 Å². The maximum Gasteiger partial charge on any atom is 0.230 e. The third kappa shape index (κ3) is 6.01. The topological polar surface area (TPSA) is 72.7 Å². The van der Waals surface area contributed by atoms with Crippen LogP contribution in [0.25, 0.3) is 0 Å². The van der Waals surface area contributed by atoms with Crippen molar-refractivity contribution in [1.82, 2.24) is 25.5 Å². The largest absolute Gasteiger partial charge is 0.349 e. The summed E-state index contributed by atoms with van der Waals surface area (Å²) < 4.78 is 1.61. The zero-order chi connectivity index (χ0) is 18.2. The average Bonchev–Trinajstić information content (AvgIpc) is 3.00. The second-order valence-electron chi connectivity index (χ2n) is 6.35. The van der Waals surface area contributed by atoms with Crippen LogP contribution in [0.4, 0.5) is 0 Å². The minimum Gasteiger partial charge on any atom is -0.349 e. The number of carbonyl (C=O) groups excluding carboxylic acids is 1. The highest BCUT2D eigenvalue weighted by Crippen LogP contribution is 2.17. The van der Waals surface area contributed by atoms with E-state index in [0.717, 1.165) is 12.0 Å². The number of hydrogen-bond donors (Lipinski definition) is 1. The number of carbonyl (C=O) groups is 1. The van der Waals surface area contributed by atoms with Gasteiger partial charge in [-0.25, -0.2) is 4.68 Å². The van der Waals surface area contributed by atoms with Crippen molar-refractivity contribution in [3.8, 4) is 0 Å². The van der Waals surface area contributed by atoms with Crippen molar-refractivity contribution in [2.24, 2.45) is 5.92 Å². The maximum absolute atomic E-state index is 12.2. The predicted octanol–water partition coefficient (Wildman–Crippen LogP) is 3.03. The quantitative estimate of drug-likeness (QED) is 0.550. The van der Waals surface area contributed by atoms with Gasteiger partial charge in [-0.1, -0.05) is 56.0 Å². The van der Waals surface area contributed by atoms with Crippen molar-refractivity contribution in [3.63, 3.8) is 0 Å². The monoisotopic (exact) mass is 359 g/mol. The number of thioether (sulfide) groups is 1. The van der Waals surface area contributed by atoms with Crippen LogP contribution in [-0.4, -0.2) is 31.9 Å². The molecule has 7 heteroatoms. The zero-order valence-electron chi connectivity index (χ0n) is 15.0. The molecule has 0 aliphatic carbocycles. The van der Waals surface area contributed by atoms with Crippen LogP contribution in [0.15, 0.2) is 42.1 Å². The first-order chi connectivity index (χ1) is 12.0. The van der Waals surface area contributed by atoms with Gasteiger partial charge in [-0.15, -0.1) is 11.7 Å². The number of amides is 1. The van der Waals surface area contributed by atoms with Gasteiger partial charge >= 0.3 is 0 Å². The molecule has 1 atom stereocenters. The molecule has 134 valence electrons. The molecule has 0 fully saturated rings. The second-order valence-corrected chi connectivity index (χ2v) is 7.29. The number of rotatable bonds is 9. The Balaban J connectivity index is 1.85. The van der Waals surface area contributed by atoms with Crippen LogP contribution in [-0.2, 0) is 17.8 Å². The van der Waals surface area contributed by atoms with Crippen molar-refractivity contribution in [2.75, 3.05) is 5.75 Å². The highest BCUT2D eigenvalue weighted by Gasteiger charge is 2.12. The van der Waals surface area contributed by atoms with Crippen molar-refractivity contribution < 1.29 is 4.79 Å². The number of aromatic nitrogens is 4. The molecule has 1 heterocycles. The van der Waals surface area contributed by atoms with E-state index in [9.17, 15) is 4.79 Å². The summed E-state index contributed by atoms with van der Waals surface area (Å²) in [6, 6.07) is 8.40. The second kappa shape index (κ2) is 9.36. The van der Waals surface area contributed by atoms with Gasteiger partial charge < -0.3 is 5.32 Å². The first-order valence-electron chi connectivity index (χ1n) is 8.37. The number of benzene rings is 1. The molecule has 0 aliphatic rings. The molecule has 1 aromatic heterocycles. The Morgan fingerprint density at radius 3 is 2.68 bits per heavy atom. The molecule has 0 saturated heterocycles. The standard InChI is InChI=1S/C18H25N5OS/c1-5-10-23-18(20-21-22-23)25-12-17(24)19-14(4)16-8-6-15(7-9-16)11-13(2)3/h5-9,13-14H,1,10-12H2,2-4H3,(H,19,24). The van der Waals surface area contributed by atoms with Crippen LogP contribution in [0.2, 0.25) is 0 Å². The van der Waals surface area contributed by atoms with E-state index in [0.29, 0.717) is 17.6 Å². The van der Waals surface area contributed by atoms with Crippen LogP contribution in [0.3, 0.4) is 0 Å². The molecule has 1 aromatic carbocycles. The molecule has 2 aromatic rings. The fraction of sp³-hybridized carbons (Fsp3) is 0.444. The van der Waals surface area contributed by atoms with Gasteiger partial charge in [0.1, 0.15) is 0 Å². The summed E-state index contributed by atoms with van der Waals surface area (Å²) in [5.74, 6) is 0.863. The number of hydrogen-bond acceptors (Lipinski definition) is 5. The van der Waals surface area contributed by atoms with Gasteiger partial charge in [-0.05, 0) is 40.8 Å². The number of tetrazole rings is 1. The van der Waals surface area contributed by atoms with Crippen molar-refractivity contribution >= 4 is 17.7 Å². The van der Waals surface area contributed by atoms with E-state index >= 15 is 0 Å². The molecule has 1 unspecified atom stereocenters. The minimum atomic E-state index is -0.0445. The Bertz CT molecular complexity index is 696. The van der Waals surface area contributed by atoms with E-state index in [1.165, 1.54) is 17.3 Å². The summed E-state index contributed by atoms with van der Waals surface area (Å²) >= 11 is 1.32. The number of nitrogens with one attached hydrogen (secondary N) is 1. The summed E-state index contributed by atoms with van der Waals surface area (Å²) in [5, 5.41) is 15.0. The summed E-state index contributed by atoms with van der Waals surface area (Å²) in [4.78, 5) is 12.2. The lowest BCUT2D eigenvalue weighted by Gasteiger charge is -2.15. The zero-order valence-corrected chi connectivity index (χ0v) is 15.8. The maximum atomic E-state index is 12.2. The summed E-state index contributed by atoms with van der Waals surface area (Å²) in [6.45, 7) is 10.6. The lowest BCUT2D eigenvalue weighted by molar-refractivity contribution is -0.119. The first-order valence-corrected chi connectivity index (χ1v) is 9.36. The van der Waals surface area contributed by atoms with E-state index < -0.39 is 0 Å². The molecule has 0 radical (unpaired) electrons. The fourth-order valence-electron chi connectivity index (χ4n) is 2.45. The van der Waals surface area contributed by atoms with Crippen LogP contribution in [0.1, 0.15) is 37.9 Å². The van der Waals surface area contributed by atoms with Gasteiger partial charge in [0, 0.05) is 0 Å². The van der Waals surface area contributed by atoms with E-state index in [1.54, 1.807) is 10.8 Å². The SMILES string of the molecule is C=CCn1nnnc1SCC(=O)NC(C)c1ccc(CC(C)C)cc1. The summed E-state index contributed by atoms with van der Waals surface area (Å²) in [6.07, 6.45) is 2.78. The van der Waals surface area contributed by atoms with E-state index in [4.69, 9.17) is 0 Å². The molecule has 0 bridgehead atoms. The smallest absolute Gasteiger partial charge is 0.230 e. The lowest BCUT2D eigenvalue weighted by atomic mass is 10.00. The Morgan fingerprint density at radius 1 is 1.32 bits per heavy atom. The Kier molecular flexibility index (Phi) is 7.18. The predicted molar refractivity (Wildman–Crippen MR) is 100 cm³/mol. The van der Waals surface area contributed by atoms with Gasteiger partial charge in [-0.2, -0.15) is 0 Å².